The van der Waals surface area contributed by atoms with Crippen molar-refractivity contribution in [1.29, 1.82) is 0 Å². The second-order valence-corrected chi connectivity index (χ2v) is 5.68. The summed E-state index contributed by atoms with van der Waals surface area (Å²) in [4.78, 5) is 4.57. The van der Waals surface area contributed by atoms with E-state index in [4.69, 9.17) is 0 Å². The van der Waals surface area contributed by atoms with E-state index in [1.54, 1.807) is 0 Å². The predicted molar refractivity (Wildman–Crippen MR) is 80.8 cm³/mol. The van der Waals surface area contributed by atoms with E-state index in [1.807, 2.05) is 0 Å². The van der Waals surface area contributed by atoms with Gasteiger partial charge in [0.2, 0.25) is 0 Å². The molecule has 0 aromatic heterocycles. The van der Waals surface area contributed by atoms with Gasteiger partial charge in [-0.15, -0.1) is 0 Å². The molecule has 3 heteroatoms. The summed E-state index contributed by atoms with van der Waals surface area (Å²) in [5, 5.41) is 9.41. The van der Waals surface area contributed by atoms with E-state index in [-0.39, 0.29) is 0 Å². The van der Waals surface area contributed by atoms with E-state index < -0.39 is 0 Å². The molecular formula is C16H26N2O. The normalized spacial score (nSPS) is 20.5. The monoisotopic (exact) mass is 262 g/mol. The lowest BCUT2D eigenvalue weighted by Crippen LogP contribution is -2.42. The van der Waals surface area contributed by atoms with E-state index in [9.17, 15) is 5.11 Å². The van der Waals surface area contributed by atoms with Gasteiger partial charge in [-0.05, 0) is 43.5 Å². The van der Waals surface area contributed by atoms with E-state index in [1.165, 1.54) is 24.1 Å². The highest BCUT2D eigenvalue weighted by Crippen LogP contribution is 2.18. The van der Waals surface area contributed by atoms with Crippen LogP contribution < -0.4 is 4.90 Å². The lowest BCUT2D eigenvalue weighted by molar-refractivity contribution is 0.0913. The first-order valence-corrected chi connectivity index (χ1v) is 7.32. The highest BCUT2D eigenvalue weighted by Gasteiger charge is 2.20. The third-order valence-electron chi connectivity index (χ3n) is 4.10. The van der Waals surface area contributed by atoms with E-state index >= 15 is 0 Å². The largest absolute Gasteiger partial charge is 0.395 e. The molecule has 106 valence electrons. The zero-order valence-corrected chi connectivity index (χ0v) is 12.2. The fourth-order valence-electron chi connectivity index (χ4n) is 2.79. The Bertz CT molecular complexity index is 375. The summed E-state index contributed by atoms with van der Waals surface area (Å²) in [5.74, 6) is 0. The van der Waals surface area contributed by atoms with Crippen molar-refractivity contribution < 1.29 is 5.11 Å². The minimum absolute atomic E-state index is 0.305. The SMILES string of the molecule is CN(C)c1ccc(CCN2CCCCC2CO)cc1. The van der Waals surface area contributed by atoms with Gasteiger partial charge in [0.05, 0.1) is 6.61 Å². The fourth-order valence-corrected chi connectivity index (χ4v) is 2.79. The maximum atomic E-state index is 9.41. The lowest BCUT2D eigenvalue weighted by atomic mass is 10.0. The van der Waals surface area contributed by atoms with Crippen LogP contribution in [0.1, 0.15) is 24.8 Å². The van der Waals surface area contributed by atoms with Gasteiger partial charge in [-0.2, -0.15) is 0 Å². The Morgan fingerprint density at radius 1 is 1.21 bits per heavy atom. The number of piperidine rings is 1. The van der Waals surface area contributed by atoms with Gasteiger partial charge in [-0.1, -0.05) is 18.6 Å². The third-order valence-corrected chi connectivity index (χ3v) is 4.10. The van der Waals surface area contributed by atoms with Crippen molar-refractivity contribution in [1.82, 2.24) is 4.90 Å². The van der Waals surface area contributed by atoms with Crippen molar-refractivity contribution in [3.8, 4) is 0 Å². The van der Waals surface area contributed by atoms with Crippen LogP contribution in [0.2, 0.25) is 0 Å². The summed E-state index contributed by atoms with van der Waals surface area (Å²) < 4.78 is 0. The minimum atomic E-state index is 0.305. The van der Waals surface area contributed by atoms with Crippen LogP contribution >= 0.6 is 0 Å². The van der Waals surface area contributed by atoms with Crippen LogP contribution in [0.4, 0.5) is 5.69 Å². The predicted octanol–water partition coefficient (Wildman–Crippen LogP) is 2.14. The molecule has 1 saturated heterocycles. The number of aliphatic hydroxyl groups excluding tert-OH is 1. The topological polar surface area (TPSA) is 26.7 Å². The molecule has 1 aromatic carbocycles. The highest BCUT2D eigenvalue weighted by atomic mass is 16.3. The third kappa shape index (κ3) is 3.95. The van der Waals surface area contributed by atoms with Gasteiger partial charge >= 0.3 is 0 Å². The lowest BCUT2D eigenvalue weighted by Gasteiger charge is -2.34. The molecule has 1 unspecified atom stereocenters. The number of benzene rings is 1. The first-order chi connectivity index (χ1) is 9.20. The average molecular weight is 262 g/mol. The molecule has 19 heavy (non-hydrogen) atoms. The van der Waals surface area contributed by atoms with Crippen LogP contribution in [0.25, 0.3) is 0 Å². The molecule has 1 aliphatic heterocycles. The summed E-state index contributed by atoms with van der Waals surface area (Å²) in [5.41, 5.74) is 2.63. The number of hydrogen-bond donors (Lipinski definition) is 1. The average Bonchev–Trinajstić information content (AvgIpc) is 2.45. The molecule has 1 aliphatic rings. The number of rotatable bonds is 5. The van der Waals surface area contributed by atoms with E-state index in [0.717, 1.165) is 25.9 Å². The minimum Gasteiger partial charge on any atom is -0.395 e. The van der Waals surface area contributed by atoms with Gasteiger partial charge < -0.3 is 10.0 Å². The fraction of sp³-hybridized carbons (Fsp3) is 0.625. The van der Waals surface area contributed by atoms with Gasteiger partial charge in [0.15, 0.2) is 0 Å². The van der Waals surface area contributed by atoms with Crippen molar-refractivity contribution in [2.24, 2.45) is 0 Å². The Hall–Kier alpha value is -1.06. The standard InChI is InChI=1S/C16H26N2O/c1-17(2)15-8-6-14(7-9-15)10-12-18-11-4-3-5-16(18)13-19/h6-9,16,19H,3-5,10-13H2,1-2H3. The molecule has 1 atom stereocenters. The van der Waals surface area contributed by atoms with Crippen molar-refractivity contribution >= 4 is 5.69 Å². The first-order valence-electron chi connectivity index (χ1n) is 7.32. The Morgan fingerprint density at radius 3 is 2.58 bits per heavy atom. The molecule has 0 saturated carbocycles. The van der Waals surface area contributed by atoms with Crippen LogP contribution in [-0.2, 0) is 6.42 Å². The number of hydrogen-bond acceptors (Lipinski definition) is 3. The Kier molecular flexibility index (Phi) is 5.23. The maximum absolute atomic E-state index is 9.41. The summed E-state index contributed by atoms with van der Waals surface area (Å²) in [6.45, 7) is 2.51. The van der Waals surface area contributed by atoms with Gasteiger partial charge in [0.1, 0.15) is 0 Å². The quantitative estimate of drug-likeness (QED) is 0.881. The number of aliphatic hydroxyl groups is 1. The first kappa shape index (κ1) is 14.4. The smallest absolute Gasteiger partial charge is 0.0586 e. The van der Waals surface area contributed by atoms with Crippen LogP contribution in [0, 0.1) is 0 Å². The molecule has 3 nitrogen and oxygen atoms in total. The second kappa shape index (κ2) is 6.92. The van der Waals surface area contributed by atoms with Crippen LogP contribution in [0.5, 0.6) is 0 Å². The molecule has 1 N–H and O–H groups in total. The molecule has 0 aliphatic carbocycles. The van der Waals surface area contributed by atoms with Crippen molar-refractivity contribution in [2.45, 2.75) is 31.7 Å². The van der Waals surface area contributed by atoms with Crippen LogP contribution in [0.3, 0.4) is 0 Å². The van der Waals surface area contributed by atoms with Crippen LogP contribution in [-0.4, -0.2) is 49.8 Å². The van der Waals surface area contributed by atoms with Crippen molar-refractivity contribution in [3.05, 3.63) is 29.8 Å². The van der Waals surface area contributed by atoms with Gasteiger partial charge in [-0.3, -0.25) is 4.90 Å². The zero-order chi connectivity index (χ0) is 13.7. The molecule has 1 heterocycles. The molecular weight excluding hydrogens is 236 g/mol. The summed E-state index contributed by atoms with van der Waals surface area (Å²) in [6, 6.07) is 9.17. The Balaban J connectivity index is 1.87. The zero-order valence-electron chi connectivity index (χ0n) is 12.2. The van der Waals surface area contributed by atoms with Crippen molar-refractivity contribution in [3.63, 3.8) is 0 Å². The summed E-state index contributed by atoms with van der Waals surface area (Å²) in [7, 11) is 4.13. The number of nitrogens with zero attached hydrogens (tertiary/aromatic N) is 2. The Labute approximate surface area is 116 Å². The molecule has 0 spiro atoms. The molecule has 1 fully saturated rings. The van der Waals surface area contributed by atoms with E-state index in [0.29, 0.717) is 12.6 Å². The number of anilines is 1. The molecule has 0 radical (unpaired) electrons. The molecule has 2 rings (SSSR count). The van der Waals surface area contributed by atoms with Crippen LogP contribution in [0.15, 0.2) is 24.3 Å². The van der Waals surface area contributed by atoms with Crippen molar-refractivity contribution in [2.75, 3.05) is 38.7 Å². The Morgan fingerprint density at radius 2 is 1.95 bits per heavy atom. The molecule has 0 bridgehead atoms. The number of likely N-dealkylation sites (tertiary alicyclic amines) is 1. The summed E-state index contributed by atoms with van der Waals surface area (Å²) >= 11 is 0. The van der Waals surface area contributed by atoms with Gasteiger partial charge in [-0.25, -0.2) is 0 Å². The summed E-state index contributed by atoms with van der Waals surface area (Å²) in [6.07, 6.45) is 4.76. The van der Waals surface area contributed by atoms with Gasteiger partial charge in [0.25, 0.3) is 0 Å². The van der Waals surface area contributed by atoms with Gasteiger partial charge in [0, 0.05) is 32.4 Å². The maximum Gasteiger partial charge on any atom is 0.0586 e. The molecule has 1 aromatic rings. The molecule has 0 amide bonds. The highest BCUT2D eigenvalue weighted by molar-refractivity contribution is 5.46. The second-order valence-electron chi connectivity index (χ2n) is 5.68. The van der Waals surface area contributed by atoms with E-state index in [2.05, 4.69) is 48.2 Å².